The summed E-state index contributed by atoms with van der Waals surface area (Å²) in [6.07, 6.45) is 1.22. The standard InChI is InChI=1S/C7H9ClN2O3/c1-9-6(12)5(8)4-10(2-3-11)7(9)13/h4,11H,2-3H2,1H3. The monoisotopic (exact) mass is 204 g/mol. The number of rotatable bonds is 2. The molecule has 0 aliphatic carbocycles. The van der Waals surface area contributed by atoms with E-state index >= 15 is 0 Å². The second kappa shape index (κ2) is 3.76. The Morgan fingerprint density at radius 3 is 2.69 bits per heavy atom. The van der Waals surface area contributed by atoms with Crippen LogP contribution >= 0.6 is 11.6 Å². The number of aromatic nitrogens is 2. The molecule has 1 aromatic rings. The third kappa shape index (κ3) is 1.81. The van der Waals surface area contributed by atoms with E-state index in [-0.39, 0.29) is 18.2 Å². The molecule has 0 aliphatic rings. The Kier molecular flexibility index (Phi) is 2.90. The molecule has 1 rings (SSSR count). The van der Waals surface area contributed by atoms with Gasteiger partial charge in [0, 0.05) is 13.2 Å². The van der Waals surface area contributed by atoms with Gasteiger partial charge in [0.1, 0.15) is 5.02 Å². The molecule has 0 atom stereocenters. The van der Waals surface area contributed by atoms with Crippen molar-refractivity contribution in [3.8, 4) is 0 Å². The first-order valence-electron chi connectivity index (χ1n) is 3.64. The zero-order valence-electron chi connectivity index (χ0n) is 7.03. The summed E-state index contributed by atoms with van der Waals surface area (Å²) in [5.74, 6) is 0. The predicted octanol–water partition coefficient (Wildman–Crippen LogP) is -0.807. The Morgan fingerprint density at radius 2 is 2.15 bits per heavy atom. The Balaban J connectivity index is 3.42. The number of hydrogen-bond acceptors (Lipinski definition) is 3. The third-order valence-corrected chi connectivity index (χ3v) is 1.91. The maximum atomic E-state index is 11.3. The summed E-state index contributed by atoms with van der Waals surface area (Å²) in [6.45, 7) is -0.0406. The molecular formula is C7H9ClN2O3. The van der Waals surface area contributed by atoms with Gasteiger partial charge in [0.25, 0.3) is 5.56 Å². The van der Waals surface area contributed by atoms with Gasteiger partial charge < -0.3 is 5.11 Å². The van der Waals surface area contributed by atoms with Crippen molar-refractivity contribution in [1.82, 2.24) is 9.13 Å². The van der Waals surface area contributed by atoms with Crippen molar-refractivity contribution in [2.75, 3.05) is 6.61 Å². The van der Waals surface area contributed by atoms with Gasteiger partial charge in [0.05, 0.1) is 13.2 Å². The lowest BCUT2D eigenvalue weighted by Gasteiger charge is -2.05. The van der Waals surface area contributed by atoms with E-state index in [9.17, 15) is 9.59 Å². The normalized spacial score (nSPS) is 10.4. The highest BCUT2D eigenvalue weighted by Gasteiger charge is 2.05. The Bertz CT molecular complexity index is 421. The molecule has 0 aromatic carbocycles. The zero-order chi connectivity index (χ0) is 10.0. The molecule has 1 aromatic heterocycles. The number of aliphatic hydroxyl groups is 1. The van der Waals surface area contributed by atoms with E-state index < -0.39 is 11.2 Å². The Labute approximate surface area is 78.8 Å². The van der Waals surface area contributed by atoms with Crippen LogP contribution in [0.1, 0.15) is 0 Å². The van der Waals surface area contributed by atoms with E-state index in [1.165, 1.54) is 17.8 Å². The highest BCUT2D eigenvalue weighted by molar-refractivity contribution is 6.30. The molecule has 0 saturated carbocycles. The summed E-state index contributed by atoms with van der Waals surface area (Å²) in [4.78, 5) is 22.4. The highest BCUT2D eigenvalue weighted by atomic mass is 35.5. The van der Waals surface area contributed by atoms with Crippen molar-refractivity contribution in [2.45, 2.75) is 6.54 Å². The second-order valence-electron chi connectivity index (χ2n) is 2.54. The molecule has 5 nitrogen and oxygen atoms in total. The summed E-state index contributed by atoms with van der Waals surface area (Å²) < 4.78 is 2.09. The van der Waals surface area contributed by atoms with Crippen molar-refractivity contribution >= 4 is 11.6 Å². The Hall–Kier alpha value is -1.07. The van der Waals surface area contributed by atoms with Gasteiger partial charge in [0.2, 0.25) is 0 Å². The quantitative estimate of drug-likeness (QED) is 0.686. The minimum Gasteiger partial charge on any atom is -0.395 e. The predicted molar refractivity (Wildman–Crippen MR) is 48.0 cm³/mol. The molecule has 0 spiro atoms. The summed E-state index contributed by atoms with van der Waals surface area (Å²) in [5, 5.41) is 8.57. The molecule has 72 valence electrons. The van der Waals surface area contributed by atoms with Gasteiger partial charge in [-0.1, -0.05) is 11.6 Å². The fourth-order valence-corrected chi connectivity index (χ4v) is 1.20. The summed E-state index contributed by atoms with van der Waals surface area (Å²) in [7, 11) is 1.34. The molecule has 6 heteroatoms. The second-order valence-corrected chi connectivity index (χ2v) is 2.95. The van der Waals surface area contributed by atoms with Crippen LogP contribution in [0.2, 0.25) is 5.02 Å². The average Bonchev–Trinajstić information content (AvgIpc) is 2.11. The summed E-state index contributed by atoms with van der Waals surface area (Å²) >= 11 is 5.55. The first-order valence-corrected chi connectivity index (χ1v) is 4.02. The largest absolute Gasteiger partial charge is 0.395 e. The lowest BCUT2D eigenvalue weighted by Crippen LogP contribution is -2.38. The van der Waals surface area contributed by atoms with Crippen molar-refractivity contribution in [3.05, 3.63) is 32.1 Å². The van der Waals surface area contributed by atoms with Crippen LogP contribution in [0.25, 0.3) is 0 Å². The molecule has 0 aliphatic heterocycles. The molecule has 0 fully saturated rings. The van der Waals surface area contributed by atoms with Crippen LogP contribution in [-0.2, 0) is 13.6 Å². The lowest BCUT2D eigenvalue weighted by molar-refractivity contribution is 0.272. The number of nitrogens with zero attached hydrogens (tertiary/aromatic N) is 2. The van der Waals surface area contributed by atoms with Crippen LogP contribution in [0.5, 0.6) is 0 Å². The van der Waals surface area contributed by atoms with Gasteiger partial charge in [-0.3, -0.25) is 13.9 Å². The third-order valence-electron chi connectivity index (χ3n) is 1.65. The van der Waals surface area contributed by atoms with E-state index in [2.05, 4.69) is 0 Å². The molecule has 13 heavy (non-hydrogen) atoms. The van der Waals surface area contributed by atoms with Gasteiger partial charge in [0.15, 0.2) is 0 Å². The van der Waals surface area contributed by atoms with Crippen molar-refractivity contribution < 1.29 is 5.11 Å². The zero-order valence-corrected chi connectivity index (χ0v) is 7.78. The number of hydrogen-bond donors (Lipinski definition) is 1. The van der Waals surface area contributed by atoms with Crippen LogP contribution in [0, 0.1) is 0 Å². The fourth-order valence-electron chi connectivity index (χ4n) is 0.955. The van der Waals surface area contributed by atoms with E-state index in [0.29, 0.717) is 0 Å². The topological polar surface area (TPSA) is 64.2 Å². The molecule has 0 amide bonds. The van der Waals surface area contributed by atoms with E-state index in [1.807, 2.05) is 0 Å². The van der Waals surface area contributed by atoms with Gasteiger partial charge in [-0.05, 0) is 0 Å². The van der Waals surface area contributed by atoms with Gasteiger partial charge in [-0.2, -0.15) is 0 Å². The molecule has 1 heterocycles. The van der Waals surface area contributed by atoms with Gasteiger partial charge >= 0.3 is 5.69 Å². The van der Waals surface area contributed by atoms with Crippen LogP contribution in [0.15, 0.2) is 15.8 Å². The molecule has 0 saturated heterocycles. The first kappa shape index (κ1) is 10.0. The fraction of sp³-hybridized carbons (Fsp3) is 0.429. The van der Waals surface area contributed by atoms with Gasteiger partial charge in [-0.15, -0.1) is 0 Å². The van der Waals surface area contributed by atoms with Crippen LogP contribution in [-0.4, -0.2) is 20.8 Å². The molecule has 0 unspecified atom stereocenters. The molecular weight excluding hydrogens is 196 g/mol. The smallest absolute Gasteiger partial charge is 0.330 e. The number of aliphatic hydroxyl groups excluding tert-OH is 1. The minimum absolute atomic E-state index is 0.0319. The lowest BCUT2D eigenvalue weighted by atomic mass is 10.5. The molecule has 0 radical (unpaired) electrons. The highest BCUT2D eigenvalue weighted by Crippen LogP contribution is 1.95. The summed E-state index contributed by atoms with van der Waals surface area (Å²) in [6, 6.07) is 0. The van der Waals surface area contributed by atoms with Crippen molar-refractivity contribution in [1.29, 1.82) is 0 Å². The Morgan fingerprint density at radius 1 is 1.54 bits per heavy atom. The minimum atomic E-state index is -0.527. The van der Waals surface area contributed by atoms with Crippen LogP contribution in [0.4, 0.5) is 0 Å². The van der Waals surface area contributed by atoms with Crippen molar-refractivity contribution in [3.63, 3.8) is 0 Å². The SMILES string of the molecule is Cn1c(=O)c(Cl)cn(CCO)c1=O. The molecule has 0 bridgehead atoms. The first-order chi connectivity index (χ1) is 6.07. The van der Waals surface area contributed by atoms with E-state index in [1.54, 1.807) is 0 Å². The average molecular weight is 205 g/mol. The van der Waals surface area contributed by atoms with Crippen LogP contribution in [0.3, 0.4) is 0 Å². The van der Waals surface area contributed by atoms with Crippen LogP contribution < -0.4 is 11.2 Å². The van der Waals surface area contributed by atoms with E-state index in [0.717, 1.165) is 4.57 Å². The van der Waals surface area contributed by atoms with Gasteiger partial charge in [-0.25, -0.2) is 4.79 Å². The molecule has 1 N–H and O–H groups in total. The van der Waals surface area contributed by atoms with Crippen molar-refractivity contribution in [2.24, 2.45) is 7.05 Å². The van der Waals surface area contributed by atoms with E-state index in [4.69, 9.17) is 16.7 Å². The maximum absolute atomic E-state index is 11.3. The number of halogens is 1. The summed E-state index contributed by atoms with van der Waals surface area (Å²) in [5.41, 5.74) is -1.01. The maximum Gasteiger partial charge on any atom is 0.330 e.